The van der Waals surface area contributed by atoms with Gasteiger partial charge in [-0.15, -0.1) is 0 Å². The lowest BCUT2D eigenvalue weighted by molar-refractivity contribution is 0.0984. The minimum atomic E-state index is -0.207. The molecule has 0 fully saturated rings. The van der Waals surface area contributed by atoms with Gasteiger partial charge < -0.3 is 10.2 Å². The molecule has 0 atom stereocenters. The van der Waals surface area contributed by atoms with Gasteiger partial charge in [0.25, 0.3) is 11.8 Å². The predicted octanol–water partition coefficient (Wildman–Crippen LogP) is 6.15. The highest BCUT2D eigenvalue weighted by Crippen LogP contribution is 2.30. The molecular weight excluding hydrogens is 419 g/mol. The van der Waals surface area contributed by atoms with E-state index in [4.69, 9.17) is 23.2 Å². The van der Waals surface area contributed by atoms with E-state index >= 15 is 0 Å². The largest absolute Gasteiger partial charge is 0.322 e. The summed E-state index contributed by atoms with van der Waals surface area (Å²) in [5.41, 5.74) is 4.42. The second-order valence-electron chi connectivity index (χ2n) is 7.28. The predicted molar refractivity (Wildman–Crippen MR) is 122 cm³/mol. The van der Waals surface area contributed by atoms with Gasteiger partial charge in [0.1, 0.15) is 0 Å². The fourth-order valence-corrected chi connectivity index (χ4v) is 4.03. The lowest BCUT2D eigenvalue weighted by Gasteiger charge is -2.30. The lowest BCUT2D eigenvalue weighted by Crippen LogP contribution is -2.35. The monoisotopic (exact) mass is 438 g/mol. The molecule has 2 amide bonds. The minimum Gasteiger partial charge on any atom is -0.322 e. The van der Waals surface area contributed by atoms with Gasteiger partial charge >= 0.3 is 0 Å². The molecule has 0 saturated heterocycles. The zero-order chi connectivity index (χ0) is 21.3. The first-order valence-electron chi connectivity index (χ1n) is 9.71. The summed E-state index contributed by atoms with van der Waals surface area (Å²) in [6, 6.07) is 17.8. The number of hydrogen-bond acceptors (Lipinski definition) is 2. The molecule has 0 unspecified atom stereocenters. The molecule has 0 aliphatic carbocycles. The molecule has 1 aliphatic rings. The Balaban J connectivity index is 1.59. The number of nitrogens with zero attached hydrogens (tertiary/aromatic N) is 1. The van der Waals surface area contributed by atoms with Gasteiger partial charge in [-0.3, -0.25) is 9.59 Å². The highest BCUT2D eigenvalue weighted by atomic mass is 35.5. The molecule has 1 aliphatic heterocycles. The van der Waals surface area contributed by atoms with E-state index in [1.165, 1.54) is 0 Å². The third-order valence-electron chi connectivity index (χ3n) is 5.29. The fraction of sp³-hybridized carbons (Fsp3) is 0.167. The Morgan fingerprint density at radius 2 is 1.77 bits per heavy atom. The first-order chi connectivity index (χ1) is 14.4. The summed E-state index contributed by atoms with van der Waals surface area (Å²) >= 11 is 12.2. The van der Waals surface area contributed by atoms with Crippen LogP contribution in [0.25, 0.3) is 0 Å². The van der Waals surface area contributed by atoms with E-state index in [-0.39, 0.29) is 11.8 Å². The third kappa shape index (κ3) is 4.07. The normalized spacial score (nSPS) is 13.0. The average Bonchev–Trinajstić information content (AvgIpc) is 2.75. The van der Waals surface area contributed by atoms with Crippen LogP contribution in [0.4, 0.5) is 11.4 Å². The van der Waals surface area contributed by atoms with Gasteiger partial charge in [0.2, 0.25) is 0 Å². The number of anilines is 2. The van der Waals surface area contributed by atoms with Gasteiger partial charge in [-0.1, -0.05) is 35.3 Å². The molecule has 0 radical (unpaired) electrons. The van der Waals surface area contributed by atoms with Crippen LogP contribution in [0.15, 0.2) is 60.7 Å². The summed E-state index contributed by atoms with van der Waals surface area (Å²) in [4.78, 5) is 27.6. The van der Waals surface area contributed by atoms with Crippen molar-refractivity contribution in [2.45, 2.75) is 19.8 Å². The Morgan fingerprint density at radius 3 is 2.57 bits per heavy atom. The lowest BCUT2D eigenvalue weighted by atomic mass is 9.98. The van der Waals surface area contributed by atoms with Crippen LogP contribution in [-0.4, -0.2) is 18.4 Å². The first-order valence-corrected chi connectivity index (χ1v) is 10.5. The topological polar surface area (TPSA) is 49.4 Å². The summed E-state index contributed by atoms with van der Waals surface area (Å²) in [6.45, 7) is 2.50. The Bertz CT molecular complexity index is 1140. The van der Waals surface area contributed by atoms with E-state index in [2.05, 4.69) is 5.32 Å². The fourth-order valence-electron chi connectivity index (χ4n) is 3.66. The zero-order valence-electron chi connectivity index (χ0n) is 16.4. The summed E-state index contributed by atoms with van der Waals surface area (Å²) < 4.78 is 0. The van der Waals surface area contributed by atoms with Gasteiger partial charge in [-0.05, 0) is 79.4 Å². The average molecular weight is 439 g/mol. The molecule has 1 N–H and O–H groups in total. The minimum absolute atomic E-state index is 0.0924. The number of aryl methyl sites for hydroxylation is 1. The highest BCUT2D eigenvalue weighted by molar-refractivity contribution is 6.32. The summed E-state index contributed by atoms with van der Waals surface area (Å²) in [7, 11) is 0. The molecule has 0 bridgehead atoms. The molecular formula is C24H20Cl2N2O2. The molecule has 0 spiro atoms. The SMILES string of the molecule is Cc1c(Cl)cccc1NC(=O)c1ccc2c(c1)CCCN2C(=O)c1cccc(Cl)c1. The summed E-state index contributed by atoms with van der Waals surface area (Å²) in [5, 5.41) is 4.06. The molecule has 1 heterocycles. The maximum Gasteiger partial charge on any atom is 0.258 e. The van der Waals surface area contributed by atoms with Crippen LogP contribution in [-0.2, 0) is 6.42 Å². The molecule has 0 aromatic heterocycles. The van der Waals surface area contributed by atoms with Crippen LogP contribution in [0, 0.1) is 6.92 Å². The van der Waals surface area contributed by atoms with Crippen LogP contribution in [0.3, 0.4) is 0 Å². The van der Waals surface area contributed by atoms with Gasteiger partial charge in [0.15, 0.2) is 0 Å². The van der Waals surface area contributed by atoms with E-state index in [1.54, 1.807) is 47.4 Å². The molecule has 6 heteroatoms. The van der Waals surface area contributed by atoms with Gasteiger partial charge in [-0.2, -0.15) is 0 Å². The maximum absolute atomic E-state index is 13.0. The van der Waals surface area contributed by atoms with Crippen molar-refractivity contribution in [3.05, 3.63) is 93.0 Å². The smallest absolute Gasteiger partial charge is 0.258 e. The molecule has 4 nitrogen and oxygen atoms in total. The van der Waals surface area contributed by atoms with Gasteiger partial charge in [-0.25, -0.2) is 0 Å². The Kier molecular flexibility index (Phi) is 5.80. The van der Waals surface area contributed by atoms with Crippen LogP contribution in [0.2, 0.25) is 10.0 Å². The number of fused-ring (bicyclic) bond motifs is 1. The van der Waals surface area contributed by atoms with Crippen molar-refractivity contribution in [2.24, 2.45) is 0 Å². The number of hydrogen-bond donors (Lipinski definition) is 1. The van der Waals surface area contributed by atoms with Crippen molar-refractivity contribution < 1.29 is 9.59 Å². The Labute approximate surface area is 185 Å². The first kappa shape index (κ1) is 20.5. The third-order valence-corrected chi connectivity index (χ3v) is 5.94. The van der Waals surface area contributed by atoms with Gasteiger partial charge in [0.05, 0.1) is 0 Å². The van der Waals surface area contributed by atoms with Crippen molar-refractivity contribution in [3.63, 3.8) is 0 Å². The molecule has 30 heavy (non-hydrogen) atoms. The summed E-state index contributed by atoms with van der Waals surface area (Å²) in [5.74, 6) is -0.299. The molecule has 3 aromatic carbocycles. The summed E-state index contributed by atoms with van der Waals surface area (Å²) in [6.07, 6.45) is 1.64. The molecule has 3 aromatic rings. The van der Waals surface area contributed by atoms with Crippen molar-refractivity contribution in [2.75, 3.05) is 16.8 Å². The number of nitrogens with one attached hydrogen (secondary N) is 1. The molecule has 0 saturated carbocycles. The van der Waals surface area contributed by atoms with E-state index in [0.29, 0.717) is 33.4 Å². The molecule has 4 rings (SSSR count). The van der Waals surface area contributed by atoms with E-state index in [1.807, 2.05) is 25.1 Å². The second-order valence-corrected chi connectivity index (χ2v) is 8.12. The van der Waals surface area contributed by atoms with Crippen molar-refractivity contribution in [3.8, 4) is 0 Å². The Hall–Kier alpha value is -2.82. The van der Waals surface area contributed by atoms with Crippen molar-refractivity contribution in [1.82, 2.24) is 0 Å². The van der Waals surface area contributed by atoms with Crippen LogP contribution >= 0.6 is 23.2 Å². The number of benzene rings is 3. The second kappa shape index (κ2) is 8.50. The number of carbonyl (C=O) groups excluding carboxylic acids is 2. The number of halogens is 2. The maximum atomic E-state index is 13.0. The number of rotatable bonds is 3. The Morgan fingerprint density at radius 1 is 0.967 bits per heavy atom. The standard InChI is InChI=1S/C24H20Cl2N2O2/c1-15-20(26)8-3-9-21(15)27-23(29)17-10-11-22-16(13-17)6-4-12-28(22)24(30)18-5-2-7-19(25)14-18/h2-3,5,7-11,13-14H,4,6,12H2,1H3,(H,27,29). The van der Waals surface area contributed by atoms with E-state index in [0.717, 1.165) is 29.7 Å². The van der Waals surface area contributed by atoms with Crippen molar-refractivity contribution in [1.29, 1.82) is 0 Å². The highest BCUT2D eigenvalue weighted by Gasteiger charge is 2.24. The molecule has 152 valence electrons. The van der Waals surface area contributed by atoms with Crippen LogP contribution < -0.4 is 10.2 Å². The van der Waals surface area contributed by atoms with Gasteiger partial charge in [0, 0.05) is 39.1 Å². The van der Waals surface area contributed by atoms with Crippen LogP contribution in [0.1, 0.15) is 38.3 Å². The number of amides is 2. The van der Waals surface area contributed by atoms with Crippen LogP contribution in [0.5, 0.6) is 0 Å². The number of carbonyl (C=O) groups is 2. The quantitative estimate of drug-likeness (QED) is 0.533. The zero-order valence-corrected chi connectivity index (χ0v) is 17.9. The van der Waals surface area contributed by atoms with E-state index < -0.39 is 0 Å². The van der Waals surface area contributed by atoms with E-state index in [9.17, 15) is 9.59 Å². The van der Waals surface area contributed by atoms with Crippen molar-refractivity contribution >= 4 is 46.4 Å².